The molecule has 1 aliphatic rings. The number of amides is 1. The van der Waals surface area contributed by atoms with Crippen LogP contribution in [0.4, 0.5) is 10.7 Å². The summed E-state index contributed by atoms with van der Waals surface area (Å²) in [6, 6.07) is 8.01. The van der Waals surface area contributed by atoms with E-state index in [4.69, 9.17) is 4.74 Å². The van der Waals surface area contributed by atoms with Gasteiger partial charge in [0.05, 0.1) is 11.0 Å². The first-order chi connectivity index (χ1) is 11.9. The Kier molecular flexibility index (Phi) is 6.28. The zero-order valence-electron chi connectivity index (χ0n) is 16.0. The maximum atomic E-state index is 12.2. The number of carbonyl (C=O) groups is 1. The largest absolute Gasteiger partial charge is 0.444 e. The van der Waals surface area contributed by atoms with Gasteiger partial charge in [-0.3, -0.25) is 0 Å². The van der Waals surface area contributed by atoms with Gasteiger partial charge in [-0.05, 0) is 39.3 Å². The summed E-state index contributed by atoms with van der Waals surface area (Å²) in [4.78, 5) is 24.2. The Bertz CT molecular complexity index is 657. The Morgan fingerprint density at radius 1 is 1.12 bits per heavy atom. The summed E-state index contributed by atoms with van der Waals surface area (Å²) >= 11 is 0. The minimum Gasteiger partial charge on any atom is -0.444 e. The number of hydrogen-bond donors (Lipinski definition) is 1. The quantitative estimate of drug-likeness (QED) is 0.846. The van der Waals surface area contributed by atoms with Crippen LogP contribution < -0.4 is 4.90 Å². The molecule has 3 rings (SSSR count). The van der Waals surface area contributed by atoms with Gasteiger partial charge in [0.1, 0.15) is 5.60 Å². The molecule has 2 aromatic rings. The van der Waals surface area contributed by atoms with Crippen molar-refractivity contribution in [2.45, 2.75) is 46.6 Å². The molecule has 0 spiro atoms. The third-order valence-corrected chi connectivity index (χ3v) is 3.82. The standard InChI is InChI=1S/C17H24N4O2.C2H6/c1-17(2,3)23-16(22)21-10-6-9-20(11-12-21)15-18-13-7-4-5-8-14(13)19-15;1-2/h4-5,7-8H,6,9-12H2,1-3H3,(H,18,19);1-2H3. The van der Waals surface area contributed by atoms with E-state index in [0.29, 0.717) is 13.1 Å². The lowest BCUT2D eigenvalue weighted by Gasteiger charge is -2.26. The normalized spacial score (nSPS) is 15.4. The van der Waals surface area contributed by atoms with Crippen molar-refractivity contribution in [3.05, 3.63) is 24.3 Å². The maximum absolute atomic E-state index is 12.2. The molecular weight excluding hydrogens is 316 g/mol. The van der Waals surface area contributed by atoms with E-state index in [1.807, 2.05) is 58.9 Å². The summed E-state index contributed by atoms with van der Waals surface area (Å²) in [6.07, 6.45) is 0.667. The second-order valence-corrected chi connectivity index (χ2v) is 6.89. The van der Waals surface area contributed by atoms with Crippen LogP contribution in [0.2, 0.25) is 0 Å². The lowest BCUT2D eigenvalue weighted by molar-refractivity contribution is 0.0263. The van der Waals surface area contributed by atoms with E-state index in [1.165, 1.54) is 0 Å². The number of ether oxygens (including phenoxy) is 1. The number of hydrogen-bond acceptors (Lipinski definition) is 4. The Balaban J connectivity index is 0.00000109. The number of imidazole rings is 1. The van der Waals surface area contributed by atoms with E-state index in [-0.39, 0.29) is 6.09 Å². The van der Waals surface area contributed by atoms with Crippen LogP contribution in [0.15, 0.2) is 24.3 Å². The molecule has 1 fully saturated rings. The first-order valence-corrected chi connectivity index (χ1v) is 9.10. The van der Waals surface area contributed by atoms with E-state index in [1.54, 1.807) is 4.90 Å². The van der Waals surface area contributed by atoms with Crippen molar-refractivity contribution >= 4 is 23.1 Å². The van der Waals surface area contributed by atoms with Crippen LogP contribution in [-0.2, 0) is 4.74 Å². The molecule has 1 aliphatic heterocycles. The molecule has 0 atom stereocenters. The van der Waals surface area contributed by atoms with Gasteiger partial charge in [0.2, 0.25) is 5.95 Å². The van der Waals surface area contributed by atoms with Crippen LogP contribution in [0.25, 0.3) is 11.0 Å². The van der Waals surface area contributed by atoms with Gasteiger partial charge in [0.15, 0.2) is 0 Å². The monoisotopic (exact) mass is 346 g/mol. The minimum atomic E-state index is -0.457. The van der Waals surface area contributed by atoms with Crippen LogP contribution in [0, 0.1) is 0 Å². The molecule has 1 aromatic heterocycles. The SMILES string of the molecule is CC.CC(C)(C)OC(=O)N1CCCN(c2nc3ccccc3[nH]2)CC1. The number of aromatic nitrogens is 2. The van der Waals surface area contributed by atoms with E-state index in [0.717, 1.165) is 36.5 Å². The molecule has 0 radical (unpaired) electrons. The number of H-pyrrole nitrogens is 1. The van der Waals surface area contributed by atoms with Crippen molar-refractivity contribution in [1.29, 1.82) is 0 Å². The molecule has 0 unspecified atom stereocenters. The first-order valence-electron chi connectivity index (χ1n) is 9.10. The van der Waals surface area contributed by atoms with Gasteiger partial charge in [-0.2, -0.15) is 0 Å². The highest BCUT2D eigenvalue weighted by molar-refractivity contribution is 5.77. The Morgan fingerprint density at radius 3 is 2.52 bits per heavy atom. The molecule has 138 valence electrons. The lowest BCUT2D eigenvalue weighted by Crippen LogP contribution is -2.39. The first kappa shape index (κ1) is 19.1. The van der Waals surface area contributed by atoms with E-state index < -0.39 is 5.60 Å². The predicted molar refractivity (Wildman–Crippen MR) is 102 cm³/mol. The van der Waals surface area contributed by atoms with Crippen molar-refractivity contribution in [3.8, 4) is 0 Å². The van der Waals surface area contributed by atoms with Crippen molar-refractivity contribution in [1.82, 2.24) is 14.9 Å². The number of fused-ring (bicyclic) bond motifs is 1. The number of rotatable bonds is 1. The van der Waals surface area contributed by atoms with Crippen molar-refractivity contribution in [2.75, 3.05) is 31.1 Å². The fourth-order valence-corrected chi connectivity index (χ4v) is 2.73. The second kappa shape index (κ2) is 8.23. The van der Waals surface area contributed by atoms with Gasteiger partial charge >= 0.3 is 6.09 Å². The summed E-state index contributed by atoms with van der Waals surface area (Å²) in [5, 5.41) is 0. The van der Waals surface area contributed by atoms with Gasteiger partial charge < -0.3 is 19.5 Å². The third kappa shape index (κ3) is 5.11. The zero-order valence-corrected chi connectivity index (χ0v) is 16.0. The molecular formula is C19H30N4O2. The highest BCUT2D eigenvalue weighted by Crippen LogP contribution is 2.19. The van der Waals surface area contributed by atoms with Gasteiger partial charge in [0, 0.05) is 26.2 Å². The van der Waals surface area contributed by atoms with Gasteiger partial charge in [-0.1, -0.05) is 26.0 Å². The molecule has 1 aromatic carbocycles. The van der Waals surface area contributed by atoms with Gasteiger partial charge in [-0.15, -0.1) is 0 Å². The van der Waals surface area contributed by atoms with Crippen LogP contribution in [0.5, 0.6) is 0 Å². The van der Waals surface area contributed by atoms with Crippen molar-refractivity contribution in [2.24, 2.45) is 0 Å². The minimum absolute atomic E-state index is 0.232. The maximum Gasteiger partial charge on any atom is 0.410 e. The smallest absolute Gasteiger partial charge is 0.410 e. The molecule has 2 heterocycles. The summed E-state index contributed by atoms with van der Waals surface area (Å²) in [7, 11) is 0. The zero-order chi connectivity index (χ0) is 18.4. The Morgan fingerprint density at radius 2 is 1.84 bits per heavy atom. The van der Waals surface area contributed by atoms with Crippen LogP contribution in [0.3, 0.4) is 0 Å². The fourth-order valence-electron chi connectivity index (χ4n) is 2.73. The number of anilines is 1. The number of benzene rings is 1. The summed E-state index contributed by atoms with van der Waals surface area (Å²) in [6.45, 7) is 12.7. The Labute approximate surface area is 150 Å². The topological polar surface area (TPSA) is 61.5 Å². The summed E-state index contributed by atoms with van der Waals surface area (Å²) in [5.41, 5.74) is 1.55. The van der Waals surface area contributed by atoms with Crippen LogP contribution in [-0.4, -0.2) is 52.7 Å². The lowest BCUT2D eigenvalue weighted by atomic mass is 10.2. The molecule has 1 amide bonds. The second-order valence-electron chi connectivity index (χ2n) is 6.89. The summed E-state index contributed by atoms with van der Waals surface area (Å²) < 4.78 is 5.47. The van der Waals surface area contributed by atoms with Crippen LogP contribution >= 0.6 is 0 Å². The predicted octanol–water partition coefficient (Wildman–Crippen LogP) is 4.04. The van der Waals surface area contributed by atoms with E-state index in [2.05, 4.69) is 14.9 Å². The number of aromatic amines is 1. The summed E-state index contributed by atoms with van der Waals surface area (Å²) in [5.74, 6) is 0.872. The van der Waals surface area contributed by atoms with E-state index >= 15 is 0 Å². The van der Waals surface area contributed by atoms with Crippen molar-refractivity contribution in [3.63, 3.8) is 0 Å². The van der Waals surface area contributed by atoms with Gasteiger partial charge in [0.25, 0.3) is 0 Å². The molecule has 6 nitrogen and oxygen atoms in total. The van der Waals surface area contributed by atoms with Crippen LogP contribution in [0.1, 0.15) is 41.0 Å². The van der Waals surface area contributed by atoms with Gasteiger partial charge in [-0.25, -0.2) is 9.78 Å². The Hall–Kier alpha value is -2.24. The average molecular weight is 346 g/mol. The number of carbonyl (C=O) groups excluding carboxylic acids is 1. The van der Waals surface area contributed by atoms with Crippen molar-refractivity contribution < 1.29 is 9.53 Å². The number of nitrogens with zero attached hydrogens (tertiary/aromatic N) is 3. The number of nitrogens with one attached hydrogen (secondary N) is 1. The number of para-hydroxylation sites is 2. The average Bonchev–Trinajstić information content (AvgIpc) is 2.84. The van der Waals surface area contributed by atoms with E-state index in [9.17, 15) is 4.79 Å². The fraction of sp³-hybridized carbons (Fsp3) is 0.579. The molecule has 1 saturated heterocycles. The highest BCUT2D eigenvalue weighted by atomic mass is 16.6. The molecule has 1 N–H and O–H groups in total. The molecule has 0 saturated carbocycles. The highest BCUT2D eigenvalue weighted by Gasteiger charge is 2.25. The third-order valence-electron chi connectivity index (χ3n) is 3.82. The molecule has 0 bridgehead atoms. The molecule has 6 heteroatoms. The molecule has 0 aliphatic carbocycles. The molecule has 25 heavy (non-hydrogen) atoms.